The Balaban J connectivity index is 1.50. The summed E-state index contributed by atoms with van der Waals surface area (Å²) in [5.74, 6) is 4.23. The average Bonchev–Trinajstić information content (AvgIpc) is 3.13. The van der Waals surface area contributed by atoms with Gasteiger partial charge in [0.05, 0.1) is 5.39 Å². The second kappa shape index (κ2) is 4.99. The van der Waals surface area contributed by atoms with E-state index in [4.69, 9.17) is 0 Å². The standard InChI is InChI=1S/C20H24NS/c1-21-9-8-14-4-2-3-5-16(14)20(21)22-19-7-6-15-10-13-11-17(15)18(19)12-13/h2-5,8-9,13,15,17-19H,6-7,10-12H2,1H3/q+1. The predicted molar refractivity (Wildman–Crippen MR) is 91.8 cm³/mol. The molecule has 1 nitrogen and oxygen atoms in total. The van der Waals surface area contributed by atoms with Gasteiger partial charge in [-0.25, -0.2) is 0 Å². The third-order valence-corrected chi connectivity index (χ3v) is 8.17. The zero-order valence-corrected chi connectivity index (χ0v) is 14.1. The summed E-state index contributed by atoms with van der Waals surface area (Å²) in [6, 6.07) is 11.1. The minimum Gasteiger partial charge on any atom is -0.195 e. The van der Waals surface area contributed by atoms with Gasteiger partial charge in [0.2, 0.25) is 5.03 Å². The summed E-state index contributed by atoms with van der Waals surface area (Å²) < 4.78 is 2.34. The lowest BCUT2D eigenvalue weighted by Gasteiger charge is -2.40. The lowest BCUT2D eigenvalue weighted by atomic mass is 9.71. The molecule has 3 aliphatic carbocycles. The van der Waals surface area contributed by atoms with Crippen LogP contribution in [0.15, 0.2) is 41.6 Å². The second-order valence-electron chi connectivity index (χ2n) is 7.71. The lowest BCUT2D eigenvalue weighted by molar-refractivity contribution is -0.706. The van der Waals surface area contributed by atoms with Gasteiger partial charge in [0.15, 0.2) is 6.20 Å². The van der Waals surface area contributed by atoms with Crippen molar-refractivity contribution in [3.63, 3.8) is 0 Å². The molecule has 3 aliphatic rings. The van der Waals surface area contributed by atoms with E-state index >= 15 is 0 Å². The van der Waals surface area contributed by atoms with Crippen LogP contribution in [0, 0.1) is 23.7 Å². The monoisotopic (exact) mass is 310 g/mol. The van der Waals surface area contributed by atoms with Gasteiger partial charge in [-0.2, -0.15) is 4.57 Å². The zero-order valence-electron chi connectivity index (χ0n) is 13.2. The number of thioether (sulfide) groups is 1. The Morgan fingerprint density at radius 3 is 2.77 bits per heavy atom. The number of hydrogen-bond donors (Lipinski definition) is 0. The van der Waals surface area contributed by atoms with Gasteiger partial charge in [-0.15, -0.1) is 0 Å². The summed E-state index contributed by atoms with van der Waals surface area (Å²) in [7, 11) is 2.21. The lowest BCUT2D eigenvalue weighted by Crippen LogP contribution is -2.37. The van der Waals surface area contributed by atoms with Gasteiger partial charge in [-0.3, -0.25) is 0 Å². The van der Waals surface area contributed by atoms with Crippen molar-refractivity contribution in [3.05, 3.63) is 36.5 Å². The maximum absolute atomic E-state index is 2.34. The fraction of sp³-hybridized carbons (Fsp3) is 0.550. The summed E-state index contributed by atoms with van der Waals surface area (Å²) in [6.45, 7) is 0. The molecule has 5 atom stereocenters. The van der Waals surface area contributed by atoms with E-state index in [1.807, 2.05) is 0 Å². The zero-order chi connectivity index (χ0) is 14.7. The van der Waals surface area contributed by atoms with Gasteiger partial charge in [-0.05, 0) is 67.2 Å². The van der Waals surface area contributed by atoms with Crippen molar-refractivity contribution in [2.45, 2.75) is 42.4 Å². The predicted octanol–water partition coefficient (Wildman–Crippen LogP) is 4.58. The summed E-state index contributed by atoms with van der Waals surface area (Å²) >= 11 is 2.18. The Morgan fingerprint density at radius 2 is 1.86 bits per heavy atom. The maximum Gasteiger partial charge on any atom is 0.248 e. The van der Waals surface area contributed by atoms with E-state index in [1.165, 1.54) is 35.1 Å². The number of rotatable bonds is 2. The normalized spacial score (nSPS) is 36.1. The molecule has 0 spiro atoms. The Bertz CT molecular complexity index is 725. The maximum atomic E-state index is 2.34. The van der Waals surface area contributed by atoms with Crippen molar-refractivity contribution in [1.82, 2.24) is 0 Å². The number of aryl methyl sites for hydroxylation is 1. The van der Waals surface area contributed by atoms with Crippen LogP contribution >= 0.6 is 11.8 Å². The molecule has 22 heavy (non-hydrogen) atoms. The van der Waals surface area contributed by atoms with Gasteiger partial charge in [-0.1, -0.05) is 30.0 Å². The molecule has 1 aromatic heterocycles. The van der Waals surface area contributed by atoms with E-state index in [-0.39, 0.29) is 0 Å². The minimum atomic E-state index is 0.851. The molecule has 5 rings (SSSR count). The third kappa shape index (κ3) is 1.96. The summed E-state index contributed by atoms with van der Waals surface area (Å²) in [5, 5.41) is 5.14. The first-order chi connectivity index (χ1) is 10.8. The van der Waals surface area contributed by atoms with E-state index in [1.54, 1.807) is 12.8 Å². The van der Waals surface area contributed by atoms with Crippen LogP contribution in [0.4, 0.5) is 0 Å². The summed E-state index contributed by atoms with van der Waals surface area (Å²) in [5.41, 5.74) is 0. The van der Waals surface area contributed by atoms with E-state index in [0.717, 1.165) is 28.9 Å². The molecule has 1 heterocycles. The summed E-state index contributed by atoms with van der Waals surface area (Å²) in [4.78, 5) is 0. The quantitative estimate of drug-likeness (QED) is 0.734. The molecule has 1 aromatic carbocycles. The van der Waals surface area contributed by atoms with Gasteiger partial charge in [0.25, 0.3) is 0 Å². The first-order valence-electron chi connectivity index (χ1n) is 8.83. The van der Waals surface area contributed by atoms with E-state index in [9.17, 15) is 0 Å². The first kappa shape index (κ1) is 13.4. The third-order valence-electron chi connectivity index (χ3n) is 6.55. The van der Waals surface area contributed by atoms with Crippen molar-refractivity contribution in [1.29, 1.82) is 0 Å². The van der Waals surface area contributed by atoms with Crippen molar-refractivity contribution in [2.24, 2.45) is 30.7 Å². The van der Waals surface area contributed by atoms with Crippen molar-refractivity contribution < 1.29 is 4.57 Å². The molecule has 0 radical (unpaired) electrons. The van der Waals surface area contributed by atoms with Gasteiger partial charge >= 0.3 is 0 Å². The molecule has 2 heteroatoms. The largest absolute Gasteiger partial charge is 0.248 e. The van der Waals surface area contributed by atoms with Crippen molar-refractivity contribution in [2.75, 3.05) is 0 Å². The molecule has 2 bridgehead atoms. The Morgan fingerprint density at radius 1 is 1.00 bits per heavy atom. The molecule has 0 aliphatic heterocycles. The Kier molecular flexibility index (Phi) is 3.04. The van der Waals surface area contributed by atoms with Crippen molar-refractivity contribution >= 4 is 22.5 Å². The number of fused-ring (bicyclic) bond motifs is 2. The Labute approximate surface area is 137 Å². The number of nitrogens with zero attached hydrogens (tertiary/aromatic N) is 1. The average molecular weight is 310 g/mol. The SMILES string of the molecule is C[n+]1ccc2ccccc2c1SC1CCC2CC3CC2C1C3. The summed E-state index contributed by atoms with van der Waals surface area (Å²) in [6.07, 6.45) is 9.79. The van der Waals surface area contributed by atoms with Gasteiger partial charge < -0.3 is 0 Å². The van der Waals surface area contributed by atoms with Crippen LogP contribution in [0.3, 0.4) is 0 Å². The highest BCUT2D eigenvalue weighted by Crippen LogP contribution is 2.60. The Hall–Kier alpha value is -1.02. The molecular formula is C20H24NS+. The minimum absolute atomic E-state index is 0.851. The van der Waals surface area contributed by atoms with Crippen molar-refractivity contribution in [3.8, 4) is 0 Å². The first-order valence-corrected chi connectivity index (χ1v) is 9.71. The number of aromatic nitrogens is 1. The molecule has 0 amide bonds. The molecule has 0 saturated heterocycles. The molecule has 2 aromatic rings. The fourth-order valence-corrected chi connectivity index (χ4v) is 7.20. The topological polar surface area (TPSA) is 3.88 Å². The fourth-order valence-electron chi connectivity index (χ4n) is 5.63. The molecular weight excluding hydrogens is 286 g/mol. The van der Waals surface area contributed by atoms with Crippen LogP contribution in [0.2, 0.25) is 0 Å². The van der Waals surface area contributed by atoms with Crippen LogP contribution in [0.5, 0.6) is 0 Å². The molecule has 0 N–H and O–H groups in total. The number of benzene rings is 1. The molecule has 3 saturated carbocycles. The van der Waals surface area contributed by atoms with Crippen LogP contribution in [0.25, 0.3) is 10.8 Å². The van der Waals surface area contributed by atoms with Gasteiger partial charge in [0.1, 0.15) is 7.05 Å². The number of pyridine rings is 1. The van der Waals surface area contributed by atoms with E-state index in [2.05, 4.69) is 59.9 Å². The van der Waals surface area contributed by atoms with Crippen LogP contribution in [-0.4, -0.2) is 5.25 Å². The number of hydrogen-bond acceptors (Lipinski definition) is 1. The van der Waals surface area contributed by atoms with Crippen LogP contribution in [0.1, 0.15) is 32.1 Å². The molecule has 5 unspecified atom stereocenters. The smallest absolute Gasteiger partial charge is 0.195 e. The highest BCUT2D eigenvalue weighted by Gasteiger charge is 2.51. The highest BCUT2D eigenvalue weighted by molar-refractivity contribution is 8.00. The van der Waals surface area contributed by atoms with Crippen LogP contribution in [-0.2, 0) is 7.05 Å². The van der Waals surface area contributed by atoms with E-state index in [0.29, 0.717) is 0 Å². The second-order valence-corrected chi connectivity index (χ2v) is 8.94. The van der Waals surface area contributed by atoms with E-state index < -0.39 is 0 Å². The molecule has 3 fully saturated rings. The van der Waals surface area contributed by atoms with Crippen LogP contribution < -0.4 is 4.57 Å². The molecule has 114 valence electrons. The highest BCUT2D eigenvalue weighted by atomic mass is 32.2. The van der Waals surface area contributed by atoms with Gasteiger partial charge in [0, 0.05) is 11.3 Å².